The Morgan fingerprint density at radius 2 is 1.72 bits per heavy atom. The van der Waals surface area contributed by atoms with Crippen LogP contribution in [-0.2, 0) is 4.79 Å². The van der Waals surface area contributed by atoms with Crippen LogP contribution in [0.25, 0.3) is 0 Å². The number of hydrogen-bond acceptors (Lipinski definition) is 5. The molecule has 132 valence electrons. The molecule has 6 heteroatoms. The molecule has 2 N–H and O–H groups in total. The summed E-state index contributed by atoms with van der Waals surface area (Å²) in [4.78, 5) is 23.2. The van der Waals surface area contributed by atoms with E-state index in [-0.39, 0.29) is 11.7 Å². The highest BCUT2D eigenvalue weighted by Crippen LogP contribution is 2.28. The molecule has 0 atom stereocenters. The number of carbonyl (C=O) groups excluding carboxylic acids is 2. The predicted octanol–water partition coefficient (Wildman–Crippen LogP) is 3.35. The van der Waals surface area contributed by atoms with Gasteiger partial charge in [0.05, 0.1) is 19.9 Å². The number of nitrogens with one attached hydrogen (secondary N) is 2. The van der Waals surface area contributed by atoms with Gasteiger partial charge in [0.25, 0.3) is 0 Å². The average molecular weight is 342 g/mol. The minimum Gasteiger partial charge on any atom is -0.497 e. The van der Waals surface area contributed by atoms with Crippen molar-refractivity contribution in [2.45, 2.75) is 13.3 Å². The van der Waals surface area contributed by atoms with Crippen molar-refractivity contribution in [2.24, 2.45) is 0 Å². The largest absolute Gasteiger partial charge is 0.497 e. The molecule has 2 aromatic carbocycles. The zero-order valence-electron chi connectivity index (χ0n) is 14.6. The molecule has 0 aliphatic heterocycles. The van der Waals surface area contributed by atoms with Gasteiger partial charge in [-0.15, -0.1) is 0 Å². The molecule has 0 bridgehead atoms. The first kappa shape index (κ1) is 18.3. The lowest BCUT2D eigenvalue weighted by Crippen LogP contribution is -2.16. The van der Waals surface area contributed by atoms with E-state index in [0.29, 0.717) is 35.7 Å². The summed E-state index contributed by atoms with van der Waals surface area (Å²) in [7, 11) is 3.17. The highest BCUT2D eigenvalue weighted by Gasteiger charge is 2.07. The third-order valence-electron chi connectivity index (χ3n) is 3.65. The SMILES string of the molecule is COc1ccc(NCCC(=O)Nc2ccc(C(C)=O)cc2)c(OC)c1. The Balaban J connectivity index is 1.85. The molecule has 6 nitrogen and oxygen atoms in total. The van der Waals surface area contributed by atoms with Crippen molar-refractivity contribution >= 4 is 23.1 Å². The summed E-state index contributed by atoms with van der Waals surface area (Å²) < 4.78 is 10.5. The summed E-state index contributed by atoms with van der Waals surface area (Å²) in [6.45, 7) is 1.97. The molecule has 0 unspecified atom stereocenters. The van der Waals surface area contributed by atoms with Crippen molar-refractivity contribution in [3.8, 4) is 11.5 Å². The van der Waals surface area contributed by atoms with Crippen LogP contribution in [0, 0.1) is 0 Å². The van der Waals surface area contributed by atoms with E-state index >= 15 is 0 Å². The highest BCUT2D eigenvalue weighted by molar-refractivity contribution is 5.95. The number of anilines is 2. The number of hydrogen-bond donors (Lipinski definition) is 2. The van der Waals surface area contributed by atoms with Crippen molar-refractivity contribution in [2.75, 3.05) is 31.4 Å². The topological polar surface area (TPSA) is 76.7 Å². The lowest BCUT2D eigenvalue weighted by Gasteiger charge is -2.12. The number of Topliss-reactive ketones (excluding diaryl/α,β-unsaturated/α-hetero) is 1. The van der Waals surface area contributed by atoms with Gasteiger partial charge in [0.1, 0.15) is 11.5 Å². The Bertz CT molecular complexity index is 742. The van der Waals surface area contributed by atoms with E-state index in [1.807, 2.05) is 12.1 Å². The molecule has 2 rings (SSSR count). The zero-order valence-corrected chi connectivity index (χ0v) is 14.6. The van der Waals surface area contributed by atoms with Crippen LogP contribution in [0.4, 0.5) is 11.4 Å². The maximum absolute atomic E-state index is 12.0. The molecule has 25 heavy (non-hydrogen) atoms. The standard InChI is InChI=1S/C19H22N2O4/c1-13(22)14-4-6-15(7-5-14)21-19(23)10-11-20-17-9-8-16(24-2)12-18(17)25-3/h4-9,12,20H,10-11H2,1-3H3,(H,21,23). The van der Waals surface area contributed by atoms with E-state index < -0.39 is 0 Å². The Labute approximate surface area is 147 Å². The molecule has 0 saturated carbocycles. The summed E-state index contributed by atoms with van der Waals surface area (Å²) in [5.74, 6) is 1.24. The van der Waals surface area contributed by atoms with Crippen LogP contribution in [0.15, 0.2) is 42.5 Å². The van der Waals surface area contributed by atoms with Crippen molar-refractivity contribution in [1.82, 2.24) is 0 Å². The number of amides is 1. The molecule has 0 aliphatic rings. The maximum atomic E-state index is 12.0. The second-order valence-electron chi connectivity index (χ2n) is 5.42. The van der Waals surface area contributed by atoms with Crippen LogP contribution in [0.5, 0.6) is 11.5 Å². The normalized spacial score (nSPS) is 10.0. The van der Waals surface area contributed by atoms with Gasteiger partial charge in [-0.05, 0) is 43.3 Å². The fourth-order valence-electron chi connectivity index (χ4n) is 2.27. The van der Waals surface area contributed by atoms with Crippen molar-refractivity contribution < 1.29 is 19.1 Å². The fraction of sp³-hybridized carbons (Fsp3) is 0.263. The quantitative estimate of drug-likeness (QED) is 0.720. The smallest absolute Gasteiger partial charge is 0.226 e. The summed E-state index contributed by atoms with van der Waals surface area (Å²) >= 11 is 0. The minimum atomic E-state index is -0.115. The third-order valence-corrected chi connectivity index (χ3v) is 3.65. The molecule has 2 aromatic rings. The Morgan fingerprint density at radius 3 is 2.32 bits per heavy atom. The van der Waals surface area contributed by atoms with Gasteiger partial charge in [-0.2, -0.15) is 0 Å². The van der Waals surface area contributed by atoms with Crippen molar-refractivity contribution in [3.63, 3.8) is 0 Å². The number of ether oxygens (including phenoxy) is 2. The Hall–Kier alpha value is -3.02. The van der Waals surface area contributed by atoms with Gasteiger partial charge in [-0.25, -0.2) is 0 Å². The van der Waals surface area contributed by atoms with Crippen LogP contribution < -0.4 is 20.1 Å². The van der Waals surface area contributed by atoms with Gasteiger partial charge in [0, 0.05) is 30.3 Å². The van der Waals surface area contributed by atoms with Crippen LogP contribution in [0.3, 0.4) is 0 Å². The third kappa shape index (κ3) is 5.24. The second-order valence-corrected chi connectivity index (χ2v) is 5.42. The first-order chi connectivity index (χ1) is 12.0. The average Bonchev–Trinajstić information content (AvgIpc) is 2.62. The Kier molecular flexibility index (Phi) is 6.39. The molecule has 0 fully saturated rings. The van der Waals surface area contributed by atoms with E-state index in [1.165, 1.54) is 6.92 Å². The summed E-state index contributed by atoms with van der Waals surface area (Å²) in [5.41, 5.74) is 2.07. The lowest BCUT2D eigenvalue weighted by molar-refractivity contribution is -0.115. The minimum absolute atomic E-state index is 0.00415. The van der Waals surface area contributed by atoms with E-state index in [1.54, 1.807) is 44.6 Å². The first-order valence-electron chi connectivity index (χ1n) is 7.90. The molecule has 0 heterocycles. The van der Waals surface area contributed by atoms with Crippen LogP contribution in [0.2, 0.25) is 0 Å². The van der Waals surface area contributed by atoms with Gasteiger partial charge in [-0.1, -0.05) is 0 Å². The Morgan fingerprint density at radius 1 is 1.00 bits per heavy atom. The fourth-order valence-corrected chi connectivity index (χ4v) is 2.27. The van der Waals surface area contributed by atoms with Gasteiger partial charge < -0.3 is 20.1 Å². The number of benzene rings is 2. The van der Waals surface area contributed by atoms with Gasteiger partial charge in [0.15, 0.2) is 5.78 Å². The summed E-state index contributed by atoms with van der Waals surface area (Å²) in [5, 5.41) is 5.97. The molecule has 0 saturated heterocycles. The second kappa shape index (κ2) is 8.73. The highest BCUT2D eigenvalue weighted by atomic mass is 16.5. The predicted molar refractivity (Wildman–Crippen MR) is 97.7 cm³/mol. The summed E-state index contributed by atoms with van der Waals surface area (Å²) in [6, 6.07) is 12.3. The van der Waals surface area contributed by atoms with E-state index in [9.17, 15) is 9.59 Å². The van der Waals surface area contributed by atoms with Crippen LogP contribution >= 0.6 is 0 Å². The molecule has 0 aromatic heterocycles. The number of ketones is 1. The monoisotopic (exact) mass is 342 g/mol. The zero-order chi connectivity index (χ0) is 18.2. The van der Waals surface area contributed by atoms with Crippen molar-refractivity contribution in [1.29, 1.82) is 0 Å². The molecule has 1 amide bonds. The number of methoxy groups -OCH3 is 2. The first-order valence-corrected chi connectivity index (χ1v) is 7.90. The molecular formula is C19H22N2O4. The molecular weight excluding hydrogens is 320 g/mol. The number of rotatable bonds is 8. The maximum Gasteiger partial charge on any atom is 0.226 e. The van der Waals surface area contributed by atoms with Crippen molar-refractivity contribution in [3.05, 3.63) is 48.0 Å². The van der Waals surface area contributed by atoms with Crippen LogP contribution in [0.1, 0.15) is 23.7 Å². The molecule has 0 aliphatic carbocycles. The molecule has 0 radical (unpaired) electrons. The summed E-state index contributed by atoms with van der Waals surface area (Å²) in [6.07, 6.45) is 0.295. The van der Waals surface area contributed by atoms with Gasteiger partial charge >= 0.3 is 0 Å². The van der Waals surface area contributed by atoms with E-state index in [0.717, 1.165) is 5.69 Å². The number of carbonyl (C=O) groups is 2. The molecule has 0 spiro atoms. The van der Waals surface area contributed by atoms with Crippen LogP contribution in [-0.4, -0.2) is 32.5 Å². The van der Waals surface area contributed by atoms with Gasteiger partial charge in [0.2, 0.25) is 5.91 Å². The van der Waals surface area contributed by atoms with E-state index in [2.05, 4.69) is 10.6 Å². The van der Waals surface area contributed by atoms with Gasteiger partial charge in [-0.3, -0.25) is 9.59 Å². The lowest BCUT2D eigenvalue weighted by atomic mass is 10.1. The van der Waals surface area contributed by atoms with E-state index in [4.69, 9.17) is 9.47 Å².